The fourth-order valence-electron chi connectivity index (χ4n) is 3.31. The fraction of sp³-hybridized carbons (Fsp3) is 0.476. The van der Waals surface area contributed by atoms with Gasteiger partial charge in [0.05, 0.1) is 33.0 Å². The lowest BCUT2D eigenvalue weighted by Crippen LogP contribution is -2.44. The van der Waals surface area contributed by atoms with Gasteiger partial charge in [-0.2, -0.15) is 0 Å². The number of ether oxygens (including phenoxy) is 3. The Balaban J connectivity index is 1.66. The number of thiophene rings is 1. The molecule has 7 nitrogen and oxygen atoms in total. The fourth-order valence-corrected chi connectivity index (χ4v) is 4.17. The molecular formula is C21H30N4O3S. The zero-order valence-electron chi connectivity index (χ0n) is 17.3. The lowest BCUT2D eigenvalue weighted by molar-refractivity contribution is 0.0177. The molecule has 2 aromatic rings. The van der Waals surface area contributed by atoms with Gasteiger partial charge in [0.1, 0.15) is 0 Å². The third-order valence-electron chi connectivity index (χ3n) is 4.77. The lowest BCUT2D eigenvalue weighted by atomic mass is 10.2. The normalized spacial score (nSPS) is 16.3. The highest BCUT2D eigenvalue weighted by Gasteiger charge is 2.23. The number of hydrogen-bond donors (Lipinski definition) is 2. The minimum Gasteiger partial charge on any atom is -0.493 e. The van der Waals surface area contributed by atoms with Crippen LogP contribution in [0.4, 0.5) is 5.69 Å². The summed E-state index contributed by atoms with van der Waals surface area (Å²) in [5.74, 6) is 2.14. The van der Waals surface area contributed by atoms with Gasteiger partial charge >= 0.3 is 0 Å². The summed E-state index contributed by atoms with van der Waals surface area (Å²) in [6.45, 7) is 6.72. The summed E-state index contributed by atoms with van der Waals surface area (Å²) in [6, 6.07) is 10.4. The third kappa shape index (κ3) is 5.85. The summed E-state index contributed by atoms with van der Waals surface area (Å²) >= 11 is 1.79. The van der Waals surface area contributed by atoms with Crippen molar-refractivity contribution < 1.29 is 14.2 Å². The second kappa shape index (κ2) is 11.0. The zero-order chi connectivity index (χ0) is 20.5. The summed E-state index contributed by atoms with van der Waals surface area (Å²) < 4.78 is 16.6. The molecule has 1 saturated heterocycles. The first kappa shape index (κ1) is 21.4. The van der Waals surface area contributed by atoms with Crippen LogP contribution in [0.1, 0.15) is 17.8 Å². The van der Waals surface area contributed by atoms with E-state index in [0.717, 1.165) is 38.5 Å². The van der Waals surface area contributed by atoms with Crippen molar-refractivity contribution in [2.45, 2.75) is 13.0 Å². The smallest absolute Gasteiger partial charge is 0.195 e. The highest BCUT2D eigenvalue weighted by molar-refractivity contribution is 7.10. The number of nitrogens with one attached hydrogen (secondary N) is 2. The van der Waals surface area contributed by atoms with Crippen LogP contribution in [-0.2, 0) is 4.74 Å². The van der Waals surface area contributed by atoms with Gasteiger partial charge < -0.3 is 24.8 Å². The van der Waals surface area contributed by atoms with Crippen LogP contribution in [0.25, 0.3) is 0 Å². The van der Waals surface area contributed by atoms with Crippen molar-refractivity contribution >= 4 is 23.0 Å². The molecule has 1 atom stereocenters. The number of anilines is 1. The number of aliphatic imine (C=N–C) groups is 1. The van der Waals surface area contributed by atoms with E-state index in [0.29, 0.717) is 24.1 Å². The molecule has 0 spiro atoms. The Kier molecular flexibility index (Phi) is 8.15. The maximum atomic E-state index is 5.67. The lowest BCUT2D eigenvalue weighted by Gasteiger charge is -2.34. The van der Waals surface area contributed by atoms with Gasteiger partial charge in [-0.1, -0.05) is 6.07 Å². The van der Waals surface area contributed by atoms with Crippen LogP contribution in [0.2, 0.25) is 0 Å². The largest absolute Gasteiger partial charge is 0.493 e. The molecular weight excluding hydrogens is 388 g/mol. The van der Waals surface area contributed by atoms with E-state index < -0.39 is 0 Å². The van der Waals surface area contributed by atoms with Crippen LogP contribution >= 0.6 is 11.3 Å². The molecule has 8 heteroatoms. The molecule has 1 aliphatic heterocycles. The van der Waals surface area contributed by atoms with Crippen molar-refractivity contribution in [3.63, 3.8) is 0 Å². The van der Waals surface area contributed by atoms with E-state index in [9.17, 15) is 0 Å². The molecule has 1 aliphatic rings. The number of rotatable bonds is 8. The van der Waals surface area contributed by atoms with Gasteiger partial charge in [-0.05, 0) is 30.5 Å². The Morgan fingerprint density at radius 1 is 1.28 bits per heavy atom. The standard InChI is InChI=1S/C21H30N4O3S/c1-4-28-19-14-16(7-8-18(19)26-3)24-21(22-2)23-15-17(20-6-5-13-29-20)25-9-11-27-12-10-25/h5-8,13-14,17H,4,9-12,15H2,1-3H3,(H2,22,23,24). The molecule has 2 N–H and O–H groups in total. The predicted octanol–water partition coefficient (Wildman–Crippen LogP) is 3.22. The number of benzene rings is 1. The molecule has 0 saturated carbocycles. The van der Waals surface area contributed by atoms with Crippen molar-refractivity contribution in [1.82, 2.24) is 10.2 Å². The minimum absolute atomic E-state index is 0.285. The zero-order valence-corrected chi connectivity index (χ0v) is 18.1. The molecule has 1 fully saturated rings. The van der Waals surface area contributed by atoms with Gasteiger partial charge in [-0.25, -0.2) is 0 Å². The van der Waals surface area contributed by atoms with Crippen LogP contribution in [0.3, 0.4) is 0 Å². The van der Waals surface area contributed by atoms with Gasteiger partial charge in [0.25, 0.3) is 0 Å². The quantitative estimate of drug-likeness (QED) is 0.507. The monoisotopic (exact) mass is 418 g/mol. The highest BCUT2D eigenvalue weighted by atomic mass is 32.1. The molecule has 0 radical (unpaired) electrons. The van der Waals surface area contributed by atoms with E-state index >= 15 is 0 Å². The summed E-state index contributed by atoms with van der Waals surface area (Å²) in [7, 11) is 3.42. The summed E-state index contributed by atoms with van der Waals surface area (Å²) in [4.78, 5) is 8.20. The Morgan fingerprint density at radius 2 is 2.10 bits per heavy atom. The van der Waals surface area contributed by atoms with Gasteiger partial charge in [-0.3, -0.25) is 9.89 Å². The first-order valence-electron chi connectivity index (χ1n) is 9.88. The van der Waals surface area contributed by atoms with E-state index in [1.165, 1.54) is 4.88 Å². The molecule has 2 heterocycles. The van der Waals surface area contributed by atoms with Crippen molar-refractivity contribution in [3.05, 3.63) is 40.6 Å². The number of morpholine rings is 1. The van der Waals surface area contributed by atoms with E-state index in [1.807, 2.05) is 25.1 Å². The van der Waals surface area contributed by atoms with E-state index in [2.05, 4.69) is 38.0 Å². The van der Waals surface area contributed by atoms with Crippen molar-refractivity contribution in [1.29, 1.82) is 0 Å². The maximum absolute atomic E-state index is 5.67. The maximum Gasteiger partial charge on any atom is 0.195 e. The summed E-state index contributed by atoms with van der Waals surface area (Å²) in [5, 5.41) is 8.95. The molecule has 0 bridgehead atoms. The molecule has 1 aromatic carbocycles. The second-order valence-corrected chi connectivity index (χ2v) is 7.54. The van der Waals surface area contributed by atoms with Gasteiger partial charge in [0.2, 0.25) is 0 Å². The topological polar surface area (TPSA) is 67.4 Å². The molecule has 0 aliphatic carbocycles. The molecule has 0 amide bonds. The molecule has 1 unspecified atom stereocenters. The number of nitrogens with zero attached hydrogens (tertiary/aromatic N) is 2. The van der Waals surface area contributed by atoms with Crippen LogP contribution in [-0.4, -0.2) is 64.5 Å². The third-order valence-corrected chi connectivity index (χ3v) is 5.74. The Bertz CT molecular complexity index is 776. The van der Waals surface area contributed by atoms with E-state index in [-0.39, 0.29) is 6.04 Å². The number of guanidine groups is 1. The Labute approximate surface area is 176 Å². The second-order valence-electron chi connectivity index (χ2n) is 6.56. The highest BCUT2D eigenvalue weighted by Crippen LogP contribution is 2.30. The molecule has 29 heavy (non-hydrogen) atoms. The Morgan fingerprint density at radius 3 is 2.76 bits per heavy atom. The molecule has 158 valence electrons. The van der Waals surface area contributed by atoms with Gasteiger partial charge in [0.15, 0.2) is 17.5 Å². The number of hydrogen-bond acceptors (Lipinski definition) is 6. The van der Waals surface area contributed by atoms with Crippen molar-refractivity contribution in [2.24, 2.45) is 4.99 Å². The minimum atomic E-state index is 0.285. The summed E-state index contributed by atoms with van der Waals surface area (Å²) in [6.07, 6.45) is 0. The summed E-state index contributed by atoms with van der Waals surface area (Å²) in [5.41, 5.74) is 0.890. The first-order valence-corrected chi connectivity index (χ1v) is 10.8. The van der Waals surface area contributed by atoms with Crippen LogP contribution < -0.4 is 20.1 Å². The average molecular weight is 419 g/mol. The molecule has 1 aromatic heterocycles. The molecule has 3 rings (SSSR count). The number of methoxy groups -OCH3 is 1. The van der Waals surface area contributed by atoms with Crippen LogP contribution in [0, 0.1) is 0 Å². The predicted molar refractivity (Wildman–Crippen MR) is 119 cm³/mol. The van der Waals surface area contributed by atoms with Crippen molar-refractivity contribution in [2.75, 3.05) is 58.9 Å². The van der Waals surface area contributed by atoms with E-state index in [1.54, 1.807) is 25.5 Å². The van der Waals surface area contributed by atoms with Gasteiger partial charge in [0, 0.05) is 43.3 Å². The van der Waals surface area contributed by atoms with Crippen molar-refractivity contribution in [3.8, 4) is 11.5 Å². The Hall–Kier alpha value is -2.29. The first-order chi connectivity index (χ1) is 14.2. The van der Waals surface area contributed by atoms with Crippen LogP contribution in [0.5, 0.6) is 11.5 Å². The van der Waals surface area contributed by atoms with Gasteiger partial charge in [-0.15, -0.1) is 11.3 Å². The average Bonchev–Trinajstić information content (AvgIpc) is 3.29. The van der Waals surface area contributed by atoms with E-state index in [4.69, 9.17) is 14.2 Å². The van der Waals surface area contributed by atoms with Crippen LogP contribution in [0.15, 0.2) is 40.7 Å². The SMILES string of the molecule is CCOc1cc(NC(=NC)NCC(c2cccs2)N2CCOCC2)ccc1OC.